The Balaban J connectivity index is 2.09. The SMILES string of the molecule is CCCCCC/C(B1OC(C)(C)C(C)(C)O1)=C(/F)CCC1OC(C)(C)C(C)(C)O1. The lowest BCUT2D eigenvalue weighted by atomic mass is 9.74. The molecule has 0 amide bonds. The maximum atomic E-state index is 15.4. The molecule has 0 aromatic carbocycles. The average Bonchev–Trinajstić information content (AvgIpc) is 2.91. The number of allylic oxidation sites excluding steroid dienone is 2. The van der Waals surface area contributed by atoms with Gasteiger partial charge in [-0.1, -0.05) is 32.6 Å². The third-order valence-electron chi connectivity index (χ3n) is 7.09. The highest BCUT2D eigenvalue weighted by atomic mass is 19.1. The molecule has 0 radical (unpaired) electrons. The smallest absolute Gasteiger partial charge is 0.399 e. The summed E-state index contributed by atoms with van der Waals surface area (Å²) in [5, 5.41) is 0. The molecule has 2 heterocycles. The van der Waals surface area contributed by atoms with Gasteiger partial charge in [-0.3, -0.25) is 0 Å². The molecule has 4 nitrogen and oxygen atoms in total. The first-order valence-electron chi connectivity index (χ1n) is 11.3. The fraction of sp³-hybridized carbons (Fsp3) is 0.913. The number of hydrogen-bond donors (Lipinski definition) is 0. The van der Waals surface area contributed by atoms with Crippen LogP contribution in [0.4, 0.5) is 4.39 Å². The lowest BCUT2D eigenvalue weighted by molar-refractivity contribution is -0.0904. The predicted molar refractivity (Wildman–Crippen MR) is 116 cm³/mol. The Bertz CT molecular complexity index is 566. The molecule has 2 aliphatic heterocycles. The van der Waals surface area contributed by atoms with Gasteiger partial charge in [-0.25, -0.2) is 4.39 Å². The zero-order chi connectivity index (χ0) is 22.1. The molecule has 2 aliphatic rings. The van der Waals surface area contributed by atoms with Gasteiger partial charge in [0.2, 0.25) is 0 Å². The minimum Gasteiger partial charge on any atom is -0.399 e. The number of rotatable bonds is 9. The predicted octanol–water partition coefficient (Wildman–Crippen LogP) is 6.52. The van der Waals surface area contributed by atoms with E-state index in [1.807, 2.05) is 55.4 Å². The van der Waals surface area contributed by atoms with Crippen molar-refractivity contribution in [3.63, 3.8) is 0 Å². The van der Waals surface area contributed by atoms with E-state index in [1.54, 1.807) is 0 Å². The Morgan fingerprint density at radius 1 is 0.759 bits per heavy atom. The van der Waals surface area contributed by atoms with Crippen LogP contribution in [-0.4, -0.2) is 35.8 Å². The van der Waals surface area contributed by atoms with Gasteiger partial charge in [-0.2, -0.15) is 0 Å². The molecule has 0 unspecified atom stereocenters. The quantitative estimate of drug-likeness (QED) is 0.319. The van der Waals surface area contributed by atoms with E-state index in [-0.39, 0.29) is 12.2 Å². The third-order valence-corrected chi connectivity index (χ3v) is 7.09. The van der Waals surface area contributed by atoms with Crippen molar-refractivity contribution in [2.24, 2.45) is 0 Å². The van der Waals surface area contributed by atoms with Crippen LogP contribution in [0.2, 0.25) is 0 Å². The summed E-state index contributed by atoms with van der Waals surface area (Å²) in [6.45, 7) is 18.3. The fourth-order valence-corrected chi connectivity index (χ4v) is 3.60. The van der Waals surface area contributed by atoms with Crippen LogP contribution in [-0.2, 0) is 18.8 Å². The van der Waals surface area contributed by atoms with E-state index in [1.165, 1.54) is 0 Å². The monoisotopic (exact) mass is 412 g/mol. The summed E-state index contributed by atoms with van der Waals surface area (Å²) in [6, 6.07) is 0. The molecule has 0 saturated carbocycles. The first kappa shape index (κ1) is 24.8. The number of unbranched alkanes of at least 4 members (excludes halogenated alkanes) is 3. The van der Waals surface area contributed by atoms with Crippen LogP contribution < -0.4 is 0 Å². The summed E-state index contributed by atoms with van der Waals surface area (Å²) >= 11 is 0. The van der Waals surface area contributed by atoms with E-state index < -0.39 is 35.8 Å². The summed E-state index contributed by atoms with van der Waals surface area (Å²) < 4.78 is 39.7. The minimum absolute atomic E-state index is 0.144. The van der Waals surface area contributed by atoms with Crippen molar-refractivity contribution < 1.29 is 23.2 Å². The molecular formula is C23H42BFO4. The molecule has 29 heavy (non-hydrogen) atoms. The van der Waals surface area contributed by atoms with Gasteiger partial charge < -0.3 is 18.8 Å². The lowest BCUT2D eigenvalue weighted by Gasteiger charge is -2.32. The second kappa shape index (κ2) is 8.98. The van der Waals surface area contributed by atoms with Gasteiger partial charge in [-0.05, 0) is 67.3 Å². The molecule has 0 bridgehead atoms. The van der Waals surface area contributed by atoms with Crippen molar-refractivity contribution >= 4 is 7.12 Å². The lowest BCUT2D eigenvalue weighted by Crippen LogP contribution is -2.41. The number of ether oxygens (including phenoxy) is 2. The summed E-state index contributed by atoms with van der Waals surface area (Å²) in [7, 11) is -0.625. The van der Waals surface area contributed by atoms with Gasteiger partial charge >= 0.3 is 7.12 Å². The van der Waals surface area contributed by atoms with E-state index >= 15 is 4.39 Å². The summed E-state index contributed by atoms with van der Waals surface area (Å²) in [6.07, 6.45) is 5.35. The molecule has 0 aromatic heterocycles. The van der Waals surface area contributed by atoms with E-state index in [2.05, 4.69) is 6.92 Å². The highest BCUT2D eigenvalue weighted by Crippen LogP contribution is 2.42. The van der Waals surface area contributed by atoms with Gasteiger partial charge in [0.15, 0.2) is 6.29 Å². The van der Waals surface area contributed by atoms with Crippen molar-refractivity contribution in [2.75, 3.05) is 0 Å². The molecule has 2 fully saturated rings. The number of halogens is 1. The Hall–Kier alpha value is -0.425. The maximum Gasteiger partial charge on any atom is 0.493 e. The van der Waals surface area contributed by atoms with Crippen molar-refractivity contribution in [3.8, 4) is 0 Å². The van der Waals surface area contributed by atoms with Gasteiger partial charge in [-0.15, -0.1) is 0 Å². The van der Waals surface area contributed by atoms with E-state index in [0.29, 0.717) is 18.3 Å². The summed E-state index contributed by atoms with van der Waals surface area (Å²) in [5.74, 6) is -0.144. The van der Waals surface area contributed by atoms with Crippen LogP contribution in [0, 0.1) is 0 Å². The van der Waals surface area contributed by atoms with Gasteiger partial charge in [0.25, 0.3) is 0 Å². The molecular weight excluding hydrogens is 370 g/mol. The van der Waals surface area contributed by atoms with Gasteiger partial charge in [0.05, 0.1) is 28.2 Å². The van der Waals surface area contributed by atoms with Crippen LogP contribution in [0.15, 0.2) is 11.3 Å². The largest absolute Gasteiger partial charge is 0.493 e. The van der Waals surface area contributed by atoms with E-state index in [9.17, 15) is 0 Å². The number of hydrogen-bond acceptors (Lipinski definition) is 4. The van der Waals surface area contributed by atoms with Crippen molar-refractivity contribution in [1.29, 1.82) is 0 Å². The van der Waals surface area contributed by atoms with Crippen LogP contribution in [0.3, 0.4) is 0 Å². The Morgan fingerprint density at radius 3 is 1.76 bits per heavy atom. The van der Waals surface area contributed by atoms with Crippen LogP contribution in [0.25, 0.3) is 0 Å². The molecule has 0 aromatic rings. The van der Waals surface area contributed by atoms with Gasteiger partial charge in [0, 0.05) is 12.8 Å². The molecule has 168 valence electrons. The minimum atomic E-state index is -0.625. The Morgan fingerprint density at radius 2 is 1.28 bits per heavy atom. The highest BCUT2D eigenvalue weighted by Gasteiger charge is 2.53. The molecule has 0 atom stereocenters. The normalized spacial score (nSPS) is 26.1. The summed E-state index contributed by atoms with van der Waals surface area (Å²) in [4.78, 5) is 0. The van der Waals surface area contributed by atoms with E-state index in [4.69, 9.17) is 18.8 Å². The standard InChI is InChI=1S/C23H42BFO4/c1-10-11-12-13-14-17(24-28-22(6,7)23(8,9)29-24)18(25)15-16-19-26-20(2,3)21(4,5)27-19/h19H,10-16H2,1-9H3/b18-17-. The van der Waals surface area contributed by atoms with Crippen LogP contribution in [0.5, 0.6) is 0 Å². The zero-order valence-corrected chi connectivity index (χ0v) is 20.1. The Labute approximate surface area is 178 Å². The molecule has 6 heteroatoms. The second-order valence-corrected chi connectivity index (χ2v) is 10.6. The topological polar surface area (TPSA) is 36.9 Å². The van der Waals surface area contributed by atoms with Crippen molar-refractivity contribution in [3.05, 3.63) is 11.3 Å². The first-order valence-corrected chi connectivity index (χ1v) is 11.3. The molecule has 0 N–H and O–H groups in total. The summed E-state index contributed by atoms with van der Waals surface area (Å²) in [5.41, 5.74) is -1.09. The highest BCUT2D eigenvalue weighted by molar-refractivity contribution is 6.54. The van der Waals surface area contributed by atoms with Crippen LogP contribution >= 0.6 is 0 Å². The second-order valence-electron chi connectivity index (χ2n) is 10.6. The molecule has 2 saturated heterocycles. The average molecular weight is 412 g/mol. The molecule has 2 rings (SSSR count). The Kier molecular flexibility index (Phi) is 7.69. The fourth-order valence-electron chi connectivity index (χ4n) is 3.60. The van der Waals surface area contributed by atoms with Crippen molar-refractivity contribution in [2.45, 2.75) is 136 Å². The first-order chi connectivity index (χ1) is 13.2. The maximum absolute atomic E-state index is 15.4. The van der Waals surface area contributed by atoms with Gasteiger partial charge in [0.1, 0.15) is 0 Å². The van der Waals surface area contributed by atoms with E-state index in [0.717, 1.165) is 25.7 Å². The molecule has 0 spiro atoms. The zero-order valence-electron chi connectivity index (χ0n) is 20.1. The third kappa shape index (κ3) is 5.64. The molecule has 0 aliphatic carbocycles. The van der Waals surface area contributed by atoms with Crippen molar-refractivity contribution in [1.82, 2.24) is 0 Å². The van der Waals surface area contributed by atoms with Crippen LogP contribution in [0.1, 0.15) is 107 Å².